The number of hydrogen-bond acceptors (Lipinski definition) is 3. The van der Waals surface area contributed by atoms with Crippen LogP contribution in [0.25, 0.3) is 0 Å². The largest absolute Gasteiger partial charge is 0.289 e. The molecule has 0 atom stereocenters. The van der Waals surface area contributed by atoms with Gasteiger partial charge < -0.3 is 0 Å². The predicted octanol–water partition coefficient (Wildman–Crippen LogP) is 3.66. The van der Waals surface area contributed by atoms with Crippen molar-refractivity contribution in [1.29, 1.82) is 0 Å². The lowest BCUT2D eigenvalue weighted by atomic mass is 10.0. The van der Waals surface area contributed by atoms with Crippen molar-refractivity contribution < 1.29 is 13.2 Å². The minimum atomic E-state index is -3.32. The zero-order chi connectivity index (χ0) is 15.6. The van der Waals surface area contributed by atoms with Crippen LogP contribution in [0, 0.1) is 3.57 Å². The molecule has 0 aromatic heterocycles. The van der Waals surface area contributed by atoms with E-state index in [1.165, 1.54) is 0 Å². The number of carbonyl (C=O) groups excluding carboxylic acids is 1. The van der Waals surface area contributed by atoms with Crippen LogP contribution in [0.3, 0.4) is 0 Å². The first kappa shape index (κ1) is 16.4. The zero-order valence-corrected chi connectivity index (χ0v) is 15.5. The van der Waals surface area contributed by atoms with E-state index in [9.17, 15) is 13.2 Å². The Morgan fingerprint density at radius 2 is 1.76 bits per heavy atom. The van der Waals surface area contributed by atoms with Gasteiger partial charge >= 0.3 is 0 Å². The van der Waals surface area contributed by atoms with Crippen LogP contribution in [0.2, 0.25) is 0 Å². The van der Waals surface area contributed by atoms with Crippen molar-refractivity contribution >= 4 is 60.0 Å². The summed E-state index contributed by atoms with van der Waals surface area (Å²) in [5.74, 6) is -0.119. The van der Waals surface area contributed by atoms with Crippen molar-refractivity contribution in [2.75, 3.05) is 11.0 Å². The summed E-state index contributed by atoms with van der Waals surface area (Å²) in [6, 6.07) is 11.9. The lowest BCUT2D eigenvalue weighted by molar-refractivity contribution is 0.103. The summed E-state index contributed by atoms with van der Waals surface area (Å²) >= 11 is 5.51. The number of sulfonamides is 1. The summed E-state index contributed by atoms with van der Waals surface area (Å²) in [6.45, 7) is 0. The van der Waals surface area contributed by atoms with Crippen molar-refractivity contribution in [3.8, 4) is 0 Å². The fourth-order valence-corrected chi connectivity index (χ4v) is 3.21. The molecule has 0 fully saturated rings. The normalized spacial score (nSPS) is 11.2. The number of hydrogen-bond donors (Lipinski definition) is 1. The molecule has 0 heterocycles. The molecule has 2 aromatic carbocycles. The van der Waals surface area contributed by atoms with Crippen LogP contribution in [0.15, 0.2) is 46.9 Å². The minimum absolute atomic E-state index is 0.119. The lowest BCUT2D eigenvalue weighted by Crippen LogP contribution is -2.10. The molecule has 2 rings (SSSR count). The Kier molecular flexibility index (Phi) is 5.05. The maximum atomic E-state index is 12.4. The second kappa shape index (κ2) is 6.45. The van der Waals surface area contributed by atoms with E-state index in [0.29, 0.717) is 16.8 Å². The molecule has 0 spiro atoms. The van der Waals surface area contributed by atoms with Gasteiger partial charge in [0.2, 0.25) is 10.0 Å². The van der Waals surface area contributed by atoms with E-state index in [1.807, 2.05) is 12.1 Å². The van der Waals surface area contributed by atoms with Crippen LogP contribution >= 0.6 is 38.5 Å². The maximum Gasteiger partial charge on any atom is 0.229 e. The molecule has 0 bridgehead atoms. The second-order valence-corrected chi connectivity index (χ2v) is 8.25. The molecule has 0 unspecified atom stereocenters. The molecule has 0 aliphatic carbocycles. The third-order valence-electron chi connectivity index (χ3n) is 2.62. The average Bonchev–Trinajstić information content (AvgIpc) is 2.40. The number of ketones is 1. The summed E-state index contributed by atoms with van der Waals surface area (Å²) in [6.07, 6.45) is 1.08. The molecular weight excluding hydrogens is 469 g/mol. The highest BCUT2D eigenvalue weighted by atomic mass is 127. The second-order valence-electron chi connectivity index (χ2n) is 4.40. The number of halogens is 2. The maximum absolute atomic E-state index is 12.4. The first-order chi connectivity index (χ1) is 9.76. The third-order valence-corrected chi connectivity index (χ3v) is 4.59. The molecule has 4 nitrogen and oxygen atoms in total. The fourth-order valence-electron chi connectivity index (χ4n) is 1.73. The van der Waals surface area contributed by atoms with E-state index in [1.54, 1.807) is 30.3 Å². The zero-order valence-electron chi connectivity index (χ0n) is 10.9. The van der Waals surface area contributed by atoms with Crippen LogP contribution in [0.4, 0.5) is 5.69 Å². The molecule has 21 heavy (non-hydrogen) atoms. The van der Waals surface area contributed by atoms with Gasteiger partial charge in [0.1, 0.15) is 0 Å². The van der Waals surface area contributed by atoms with E-state index in [4.69, 9.17) is 0 Å². The molecule has 0 radical (unpaired) electrons. The van der Waals surface area contributed by atoms with Crippen molar-refractivity contribution in [3.05, 3.63) is 61.6 Å². The average molecular weight is 480 g/mol. The standard InChI is InChI=1S/C14H11BrINO3S/c1-21(19,20)17-11-5-2-9(3-6-11)14(18)12-8-10(16)4-7-13(12)15/h2-8,17H,1H3. The summed E-state index contributed by atoms with van der Waals surface area (Å²) in [5, 5.41) is 0. The van der Waals surface area contributed by atoms with E-state index in [0.717, 1.165) is 14.3 Å². The quantitative estimate of drug-likeness (QED) is 0.537. The van der Waals surface area contributed by atoms with Gasteiger partial charge in [-0.3, -0.25) is 9.52 Å². The first-order valence-corrected chi connectivity index (χ1v) is 9.60. The Bertz CT molecular complexity index is 788. The van der Waals surface area contributed by atoms with Crippen molar-refractivity contribution in [2.24, 2.45) is 0 Å². The molecule has 2 aromatic rings. The fraction of sp³-hybridized carbons (Fsp3) is 0.0714. The lowest BCUT2D eigenvalue weighted by Gasteiger charge is -2.07. The number of anilines is 1. The van der Waals surface area contributed by atoms with Crippen molar-refractivity contribution in [3.63, 3.8) is 0 Å². The molecule has 0 aliphatic rings. The first-order valence-electron chi connectivity index (χ1n) is 5.84. The van der Waals surface area contributed by atoms with Crippen LogP contribution in [0.5, 0.6) is 0 Å². The number of rotatable bonds is 4. The van der Waals surface area contributed by atoms with Gasteiger partial charge in [-0.2, -0.15) is 0 Å². The number of nitrogens with one attached hydrogen (secondary N) is 1. The van der Waals surface area contributed by atoms with E-state index in [-0.39, 0.29) is 5.78 Å². The van der Waals surface area contributed by atoms with Crippen LogP contribution in [-0.2, 0) is 10.0 Å². The highest BCUT2D eigenvalue weighted by Gasteiger charge is 2.13. The Morgan fingerprint density at radius 1 is 1.14 bits per heavy atom. The summed E-state index contributed by atoms with van der Waals surface area (Å²) in [7, 11) is -3.32. The van der Waals surface area contributed by atoms with Crippen LogP contribution in [-0.4, -0.2) is 20.5 Å². The molecule has 7 heteroatoms. The van der Waals surface area contributed by atoms with Gasteiger partial charge in [0.15, 0.2) is 5.78 Å². The smallest absolute Gasteiger partial charge is 0.229 e. The van der Waals surface area contributed by atoms with Gasteiger partial charge in [0.05, 0.1) is 6.26 Å². The van der Waals surface area contributed by atoms with Gasteiger partial charge in [-0.05, 0) is 65.1 Å². The SMILES string of the molecule is CS(=O)(=O)Nc1ccc(C(=O)c2cc(I)ccc2Br)cc1. The van der Waals surface area contributed by atoms with Gasteiger partial charge in [0, 0.05) is 24.9 Å². The van der Waals surface area contributed by atoms with Crippen LogP contribution in [0.1, 0.15) is 15.9 Å². The van der Waals surface area contributed by atoms with Crippen molar-refractivity contribution in [2.45, 2.75) is 0 Å². The van der Waals surface area contributed by atoms with Gasteiger partial charge in [0.25, 0.3) is 0 Å². The Labute approximate surface area is 145 Å². The number of carbonyl (C=O) groups is 1. The van der Waals surface area contributed by atoms with E-state index >= 15 is 0 Å². The van der Waals surface area contributed by atoms with Crippen molar-refractivity contribution in [1.82, 2.24) is 0 Å². The summed E-state index contributed by atoms with van der Waals surface area (Å²) in [4.78, 5) is 12.4. The van der Waals surface area contributed by atoms with E-state index in [2.05, 4.69) is 43.2 Å². The number of benzene rings is 2. The Balaban J connectivity index is 2.30. The predicted molar refractivity (Wildman–Crippen MR) is 95.2 cm³/mol. The highest BCUT2D eigenvalue weighted by Crippen LogP contribution is 2.23. The molecule has 0 saturated carbocycles. The van der Waals surface area contributed by atoms with Crippen LogP contribution < -0.4 is 4.72 Å². The molecule has 110 valence electrons. The third kappa shape index (κ3) is 4.52. The molecule has 1 N–H and O–H groups in total. The van der Waals surface area contributed by atoms with Gasteiger partial charge in [-0.1, -0.05) is 15.9 Å². The monoisotopic (exact) mass is 479 g/mol. The Hall–Kier alpha value is -0.930. The Morgan fingerprint density at radius 3 is 2.33 bits per heavy atom. The highest BCUT2D eigenvalue weighted by molar-refractivity contribution is 14.1. The van der Waals surface area contributed by atoms with E-state index < -0.39 is 10.0 Å². The molecular formula is C14H11BrINO3S. The topological polar surface area (TPSA) is 63.2 Å². The molecule has 0 aliphatic heterocycles. The molecule has 0 amide bonds. The van der Waals surface area contributed by atoms with Gasteiger partial charge in [-0.15, -0.1) is 0 Å². The van der Waals surface area contributed by atoms with Gasteiger partial charge in [-0.25, -0.2) is 8.42 Å². The minimum Gasteiger partial charge on any atom is -0.289 e. The summed E-state index contributed by atoms with van der Waals surface area (Å²) < 4.78 is 26.3. The summed E-state index contributed by atoms with van der Waals surface area (Å²) in [5.41, 5.74) is 1.50. The molecule has 0 saturated heterocycles.